The summed E-state index contributed by atoms with van der Waals surface area (Å²) in [5.74, 6) is -0.249. The van der Waals surface area contributed by atoms with Crippen LogP contribution in [0.15, 0.2) is 54.9 Å². The molecule has 27 heavy (non-hydrogen) atoms. The second kappa shape index (κ2) is 7.22. The number of amides is 1. The van der Waals surface area contributed by atoms with E-state index in [1.54, 1.807) is 16.9 Å². The van der Waals surface area contributed by atoms with Crippen LogP contribution in [0.5, 0.6) is 0 Å². The molecule has 1 amide bonds. The van der Waals surface area contributed by atoms with Crippen molar-refractivity contribution in [2.75, 3.05) is 5.32 Å². The summed E-state index contributed by atoms with van der Waals surface area (Å²) in [4.78, 5) is 13.0. The third kappa shape index (κ3) is 3.83. The molecule has 0 fully saturated rings. The molecule has 2 aromatic heterocycles. The SMILES string of the molecule is Cc1cccc(C(=O)NC(=S)Nc2cccc(-c3nn4cnnc4s3)c2)c1. The van der Waals surface area contributed by atoms with Crippen LogP contribution in [0.25, 0.3) is 15.5 Å². The number of nitrogens with zero attached hydrogens (tertiary/aromatic N) is 4. The Morgan fingerprint density at radius 3 is 2.85 bits per heavy atom. The molecule has 2 N–H and O–H groups in total. The highest BCUT2D eigenvalue weighted by atomic mass is 32.1. The van der Waals surface area contributed by atoms with E-state index in [2.05, 4.69) is 25.9 Å². The number of hydrogen-bond donors (Lipinski definition) is 2. The number of nitrogens with one attached hydrogen (secondary N) is 2. The smallest absolute Gasteiger partial charge is 0.257 e. The zero-order chi connectivity index (χ0) is 18.8. The second-order valence-electron chi connectivity index (χ2n) is 5.82. The van der Waals surface area contributed by atoms with E-state index in [1.807, 2.05) is 49.4 Å². The van der Waals surface area contributed by atoms with Crippen molar-refractivity contribution in [3.05, 3.63) is 66.0 Å². The maximum absolute atomic E-state index is 12.3. The number of carbonyl (C=O) groups excluding carboxylic acids is 1. The number of anilines is 1. The first-order valence-corrected chi connectivity index (χ1v) is 9.27. The second-order valence-corrected chi connectivity index (χ2v) is 7.19. The van der Waals surface area contributed by atoms with Gasteiger partial charge in [0.05, 0.1) is 0 Å². The van der Waals surface area contributed by atoms with Crippen LogP contribution in [0.4, 0.5) is 5.69 Å². The number of fused-ring (bicyclic) bond motifs is 1. The largest absolute Gasteiger partial charge is 0.332 e. The number of carbonyl (C=O) groups is 1. The zero-order valence-electron chi connectivity index (χ0n) is 14.2. The van der Waals surface area contributed by atoms with Gasteiger partial charge in [0.25, 0.3) is 5.91 Å². The molecule has 134 valence electrons. The van der Waals surface area contributed by atoms with Crippen LogP contribution >= 0.6 is 23.6 Å². The Balaban J connectivity index is 1.47. The van der Waals surface area contributed by atoms with Crippen molar-refractivity contribution in [3.8, 4) is 10.6 Å². The van der Waals surface area contributed by atoms with Crippen LogP contribution in [-0.2, 0) is 0 Å². The summed E-state index contributed by atoms with van der Waals surface area (Å²) < 4.78 is 1.63. The summed E-state index contributed by atoms with van der Waals surface area (Å²) in [6, 6.07) is 15.0. The number of hydrogen-bond acceptors (Lipinski definition) is 6. The maximum Gasteiger partial charge on any atom is 0.257 e. The van der Waals surface area contributed by atoms with Gasteiger partial charge in [-0.25, -0.2) is 0 Å². The number of aromatic nitrogens is 4. The third-order valence-electron chi connectivity index (χ3n) is 3.76. The summed E-state index contributed by atoms with van der Waals surface area (Å²) in [5.41, 5.74) is 3.25. The van der Waals surface area contributed by atoms with Crippen molar-refractivity contribution in [2.24, 2.45) is 0 Å². The van der Waals surface area contributed by atoms with Gasteiger partial charge in [0, 0.05) is 16.8 Å². The predicted molar refractivity (Wildman–Crippen MR) is 109 cm³/mol. The number of thiocarbonyl (C=S) groups is 1. The molecule has 0 saturated heterocycles. The molecule has 0 aliphatic carbocycles. The van der Waals surface area contributed by atoms with Crippen molar-refractivity contribution < 1.29 is 4.79 Å². The van der Waals surface area contributed by atoms with Gasteiger partial charge in [-0.15, -0.1) is 10.2 Å². The van der Waals surface area contributed by atoms with Gasteiger partial charge >= 0.3 is 0 Å². The molecule has 0 bridgehead atoms. The minimum absolute atomic E-state index is 0.233. The van der Waals surface area contributed by atoms with Crippen LogP contribution in [0.2, 0.25) is 0 Å². The quantitative estimate of drug-likeness (QED) is 0.519. The zero-order valence-corrected chi connectivity index (χ0v) is 15.8. The molecule has 0 atom stereocenters. The average molecular weight is 394 g/mol. The molecular formula is C18H14N6OS2. The molecular weight excluding hydrogens is 380 g/mol. The van der Waals surface area contributed by atoms with Gasteiger partial charge in [-0.3, -0.25) is 10.1 Å². The normalized spacial score (nSPS) is 10.7. The highest BCUT2D eigenvalue weighted by Gasteiger charge is 2.10. The number of rotatable bonds is 3. The Hall–Kier alpha value is -3.17. The Morgan fingerprint density at radius 2 is 2.04 bits per heavy atom. The van der Waals surface area contributed by atoms with Crippen LogP contribution in [-0.4, -0.2) is 30.8 Å². The fourth-order valence-electron chi connectivity index (χ4n) is 2.53. The van der Waals surface area contributed by atoms with Crippen LogP contribution in [0.3, 0.4) is 0 Å². The number of aryl methyl sites for hydroxylation is 1. The van der Waals surface area contributed by atoms with Crippen LogP contribution in [0, 0.1) is 6.92 Å². The Kier molecular flexibility index (Phi) is 4.61. The molecule has 0 saturated carbocycles. The van der Waals surface area contributed by atoms with E-state index in [1.165, 1.54) is 11.3 Å². The third-order valence-corrected chi connectivity index (χ3v) is 4.93. The van der Waals surface area contributed by atoms with Gasteiger partial charge in [0.15, 0.2) is 5.11 Å². The molecule has 7 nitrogen and oxygen atoms in total. The van der Waals surface area contributed by atoms with Gasteiger partial charge in [-0.1, -0.05) is 41.2 Å². The topological polar surface area (TPSA) is 84.2 Å². The number of benzene rings is 2. The fourth-order valence-corrected chi connectivity index (χ4v) is 3.56. The monoisotopic (exact) mass is 394 g/mol. The van der Waals surface area contributed by atoms with Crippen molar-refractivity contribution in [1.29, 1.82) is 0 Å². The minimum atomic E-state index is -0.249. The van der Waals surface area contributed by atoms with Crippen LogP contribution in [0.1, 0.15) is 15.9 Å². The Morgan fingerprint density at radius 1 is 1.19 bits per heavy atom. The molecule has 2 aromatic carbocycles. The van der Waals surface area contributed by atoms with Crippen molar-refractivity contribution in [3.63, 3.8) is 0 Å². The lowest BCUT2D eigenvalue weighted by Gasteiger charge is -2.10. The standard InChI is InChI=1S/C18H14N6OS2/c1-11-4-2-5-12(8-11)15(25)21-17(26)20-14-7-3-6-13(9-14)16-23-24-10-19-22-18(24)27-16/h2-10H,1H3,(H2,20,21,25,26). The van der Waals surface area contributed by atoms with Gasteiger partial charge < -0.3 is 5.32 Å². The van der Waals surface area contributed by atoms with E-state index in [0.29, 0.717) is 5.56 Å². The van der Waals surface area contributed by atoms with E-state index in [9.17, 15) is 4.79 Å². The maximum atomic E-state index is 12.3. The van der Waals surface area contributed by atoms with Gasteiger partial charge in [0.2, 0.25) is 4.96 Å². The Bertz CT molecular complexity index is 1120. The molecule has 9 heteroatoms. The van der Waals surface area contributed by atoms with Gasteiger partial charge in [-0.05, 0) is 43.4 Å². The van der Waals surface area contributed by atoms with E-state index >= 15 is 0 Å². The van der Waals surface area contributed by atoms with E-state index in [-0.39, 0.29) is 11.0 Å². The molecule has 0 radical (unpaired) electrons. The summed E-state index contributed by atoms with van der Waals surface area (Å²) in [7, 11) is 0. The van der Waals surface area contributed by atoms with Crippen LogP contribution < -0.4 is 10.6 Å². The summed E-state index contributed by atoms with van der Waals surface area (Å²) >= 11 is 6.71. The first-order chi connectivity index (χ1) is 13.1. The van der Waals surface area contributed by atoms with Gasteiger partial charge in [0.1, 0.15) is 11.3 Å². The van der Waals surface area contributed by atoms with E-state index in [0.717, 1.165) is 26.8 Å². The molecule has 0 aliphatic heterocycles. The van der Waals surface area contributed by atoms with E-state index < -0.39 is 0 Å². The van der Waals surface area contributed by atoms with Crippen molar-refractivity contribution >= 4 is 45.2 Å². The minimum Gasteiger partial charge on any atom is -0.332 e. The van der Waals surface area contributed by atoms with Crippen molar-refractivity contribution in [1.82, 2.24) is 25.1 Å². The summed E-state index contributed by atoms with van der Waals surface area (Å²) in [6.45, 7) is 1.94. The van der Waals surface area contributed by atoms with Crippen molar-refractivity contribution in [2.45, 2.75) is 6.92 Å². The molecule has 2 heterocycles. The predicted octanol–water partition coefficient (Wildman–Crippen LogP) is 3.29. The molecule has 0 aliphatic rings. The fraction of sp³-hybridized carbons (Fsp3) is 0.0556. The molecule has 0 unspecified atom stereocenters. The van der Waals surface area contributed by atoms with Gasteiger partial charge in [-0.2, -0.15) is 9.61 Å². The average Bonchev–Trinajstić information content (AvgIpc) is 3.24. The highest BCUT2D eigenvalue weighted by Crippen LogP contribution is 2.26. The van der Waals surface area contributed by atoms with E-state index in [4.69, 9.17) is 12.2 Å². The first-order valence-electron chi connectivity index (χ1n) is 8.05. The lowest BCUT2D eigenvalue weighted by Crippen LogP contribution is -2.34. The summed E-state index contributed by atoms with van der Waals surface area (Å²) in [6.07, 6.45) is 1.56. The highest BCUT2D eigenvalue weighted by molar-refractivity contribution is 7.80. The molecule has 4 aromatic rings. The lowest BCUT2D eigenvalue weighted by molar-refractivity contribution is 0.0977. The lowest BCUT2D eigenvalue weighted by atomic mass is 10.1. The molecule has 4 rings (SSSR count). The Labute approximate surface area is 164 Å². The molecule has 0 spiro atoms. The summed E-state index contributed by atoms with van der Waals surface area (Å²) in [5, 5.41) is 19.0. The first kappa shape index (κ1) is 17.3.